The molecule has 1 aromatic carbocycles. The lowest BCUT2D eigenvalue weighted by molar-refractivity contribution is -0.125. The van der Waals surface area contributed by atoms with Crippen LogP contribution in [0.2, 0.25) is 10.0 Å². The molecular weight excluding hydrogens is 451 g/mol. The molecule has 168 valence electrons. The number of benzene rings is 1. The molecule has 3 heterocycles. The normalized spacial score (nSPS) is 19.1. The van der Waals surface area contributed by atoms with E-state index in [0.29, 0.717) is 60.1 Å². The maximum absolute atomic E-state index is 13.0. The molecule has 1 N–H and O–H groups in total. The lowest BCUT2D eigenvalue weighted by Gasteiger charge is -2.33. The van der Waals surface area contributed by atoms with Crippen molar-refractivity contribution < 1.29 is 14.4 Å². The largest absolute Gasteiger partial charge is 0.351 e. The van der Waals surface area contributed by atoms with Gasteiger partial charge < -0.3 is 15.1 Å². The fourth-order valence-corrected chi connectivity index (χ4v) is 4.58. The zero-order valence-corrected chi connectivity index (χ0v) is 19.0. The number of carbonyl (C=O) groups is 3. The number of amides is 3. The van der Waals surface area contributed by atoms with Gasteiger partial charge >= 0.3 is 0 Å². The summed E-state index contributed by atoms with van der Waals surface area (Å²) in [6.45, 7) is 1.67. The number of nitrogens with zero attached hydrogens (tertiary/aromatic N) is 3. The van der Waals surface area contributed by atoms with E-state index in [1.165, 1.54) is 6.07 Å². The van der Waals surface area contributed by atoms with Crippen LogP contribution in [0.1, 0.15) is 46.4 Å². The predicted octanol–water partition coefficient (Wildman–Crippen LogP) is 3.41. The molecule has 4 rings (SSSR count). The van der Waals surface area contributed by atoms with Crippen LogP contribution in [-0.4, -0.2) is 64.2 Å². The maximum Gasteiger partial charge on any atom is 0.254 e. The van der Waals surface area contributed by atoms with Crippen molar-refractivity contribution in [1.29, 1.82) is 0 Å². The molecule has 2 aliphatic rings. The van der Waals surface area contributed by atoms with Crippen LogP contribution in [0, 0.1) is 0 Å². The average molecular weight is 475 g/mol. The van der Waals surface area contributed by atoms with Crippen molar-refractivity contribution >= 4 is 40.9 Å². The molecule has 0 aliphatic carbocycles. The van der Waals surface area contributed by atoms with E-state index in [-0.39, 0.29) is 23.8 Å². The van der Waals surface area contributed by atoms with E-state index < -0.39 is 6.04 Å². The average Bonchev–Trinajstić information content (AvgIpc) is 3.31. The van der Waals surface area contributed by atoms with Gasteiger partial charge in [-0.2, -0.15) is 0 Å². The van der Waals surface area contributed by atoms with Crippen LogP contribution in [0.3, 0.4) is 0 Å². The molecule has 1 aromatic heterocycles. The van der Waals surface area contributed by atoms with Crippen LogP contribution >= 0.6 is 23.2 Å². The molecule has 9 heteroatoms. The summed E-state index contributed by atoms with van der Waals surface area (Å²) in [5.74, 6) is -0.389. The number of piperidine rings is 1. The summed E-state index contributed by atoms with van der Waals surface area (Å²) in [5, 5.41) is 3.78. The van der Waals surface area contributed by atoms with Crippen LogP contribution in [-0.2, 0) is 4.79 Å². The summed E-state index contributed by atoms with van der Waals surface area (Å²) in [4.78, 5) is 45.9. The lowest BCUT2D eigenvalue weighted by Crippen LogP contribution is -2.52. The van der Waals surface area contributed by atoms with Crippen LogP contribution in [0.4, 0.5) is 0 Å². The maximum atomic E-state index is 13.0. The van der Waals surface area contributed by atoms with Gasteiger partial charge in [0.05, 0.1) is 10.0 Å². The molecule has 0 radical (unpaired) electrons. The Kier molecular flexibility index (Phi) is 6.96. The minimum atomic E-state index is -0.506. The summed E-state index contributed by atoms with van der Waals surface area (Å²) in [6, 6.07) is 7.63. The number of pyridine rings is 1. The molecule has 0 saturated carbocycles. The SMILES string of the molecule is O=C(NC1CCN(C(=O)c2ccncc2)CC1)C1CCCN1C(=O)c1ccc(Cl)c(Cl)c1. The van der Waals surface area contributed by atoms with Crippen molar-refractivity contribution in [2.75, 3.05) is 19.6 Å². The van der Waals surface area contributed by atoms with Crippen molar-refractivity contribution in [3.05, 3.63) is 63.9 Å². The molecule has 1 unspecified atom stereocenters. The highest BCUT2D eigenvalue weighted by Gasteiger charge is 2.36. The molecule has 2 aromatic rings. The van der Waals surface area contributed by atoms with Crippen molar-refractivity contribution in [1.82, 2.24) is 20.1 Å². The number of rotatable bonds is 4. The fraction of sp³-hybridized carbons (Fsp3) is 0.391. The smallest absolute Gasteiger partial charge is 0.254 e. The Hall–Kier alpha value is -2.64. The second-order valence-electron chi connectivity index (χ2n) is 8.10. The molecular formula is C23H24Cl2N4O3. The van der Waals surface area contributed by atoms with Crippen molar-refractivity contribution in [3.63, 3.8) is 0 Å². The van der Waals surface area contributed by atoms with E-state index in [1.807, 2.05) is 0 Å². The Morgan fingerprint density at radius 2 is 1.59 bits per heavy atom. The van der Waals surface area contributed by atoms with Crippen molar-refractivity contribution in [3.8, 4) is 0 Å². The molecule has 0 spiro atoms. The number of hydrogen-bond donors (Lipinski definition) is 1. The topological polar surface area (TPSA) is 82.6 Å². The van der Waals surface area contributed by atoms with Gasteiger partial charge in [-0.25, -0.2) is 0 Å². The number of hydrogen-bond acceptors (Lipinski definition) is 4. The first-order valence-electron chi connectivity index (χ1n) is 10.7. The van der Waals surface area contributed by atoms with Gasteiger partial charge in [-0.15, -0.1) is 0 Å². The molecule has 2 aliphatic heterocycles. The van der Waals surface area contributed by atoms with E-state index in [9.17, 15) is 14.4 Å². The van der Waals surface area contributed by atoms with E-state index in [1.54, 1.807) is 46.5 Å². The van der Waals surface area contributed by atoms with Gasteiger partial charge in [-0.3, -0.25) is 19.4 Å². The van der Waals surface area contributed by atoms with Crippen LogP contribution in [0.5, 0.6) is 0 Å². The third-order valence-corrected chi connectivity index (χ3v) is 6.78. The van der Waals surface area contributed by atoms with Gasteiger partial charge in [0.1, 0.15) is 6.04 Å². The minimum Gasteiger partial charge on any atom is -0.351 e. The highest BCUT2D eigenvalue weighted by atomic mass is 35.5. The van der Waals surface area contributed by atoms with Crippen molar-refractivity contribution in [2.24, 2.45) is 0 Å². The van der Waals surface area contributed by atoms with Gasteiger partial charge in [-0.1, -0.05) is 23.2 Å². The van der Waals surface area contributed by atoms with Crippen molar-refractivity contribution in [2.45, 2.75) is 37.8 Å². The van der Waals surface area contributed by atoms with E-state index >= 15 is 0 Å². The van der Waals surface area contributed by atoms with Gasteiger partial charge in [0.15, 0.2) is 0 Å². The van der Waals surface area contributed by atoms with Crippen LogP contribution in [0.15, 0.2) is 42.7 Å². The second-order valence-corrected chi connectivity index (χ2v) is 8.91. The van der Waals surface area contributed by atoms with E-state index in [4.69, 9.17) is 23.2 Å². The Balaban J connectivity index is 1.33. The molecule has 32 heavy (non-hydrogen) atoms. The van der Waals surface area contributed by atoms with Gasteiger partial charge in [-0.05, 0) is 56.0 Å². The monoisotopic (exact) mass is 474 g/mol. The second kappa shape index (κ2) is 9.88. The standard InChI is InChI=1S/C23H24Cl2N4O3/c24-18-4-3-16(14-19(18)25)23(32)29-11-1-2-20(29)21(30)27-17-7-12-28(13-8-17)22(31)15-5-9-26-10-6-15/h3-6,9-10,14,17,20H,1-2,7-8,11-13H2,(H,27,30). The zero-order valence-electron chi connectivity index (χ0n) is 17.5. The summed E-state index contributed by atoms with van der Waals surface area (Å²) in [7, 11) is 0. The summed E-state index contributed by atoms with van der Waals surface area (Å²) in [6.07, 6.45) is 5.95. The Morgan fingerprint density at radius 3 is 2.28 bits per heavy atom. The van der Waals surface area contributed by atoms with E-state index in [0.717, 1.165) is 6.42 Å². The molecule has 0 bridgehead atoms. The minimum absolute atomic E-state index is 0.0217. The Morgan fingerprint density at radius 1 is 0.875 bits per heavy atom. The Bertz CT molecular complexity index is 1010. The zero-order chi connectivity index (χ0) is 22.7. The van der Waals surface area contributed by atoms with Gasteiger partial charge in [0.25, 0.3) is 11.8 Å². The summed E-state index contributed by atoms with van der Waals surface area (Å²) >= 11 is 12.0. The number of aromatic nitrogens is 1. The van der Waals surface area contributed by atoms with E-state index in [2.05, 4.69) is 10.3 Å². The molecule has 2 saturated heterocycles. The highest BCUT2D eigenvalue weighted by molar-refractivity contribution is 6.42. The van der Waals surface area contributed by atoms with Crippen LogP contribution < -0.4 is 5.32 Å². The summed E-state index contributed by atoms with van der Waals surface area (Å²) in [5.41, 5.74) is 1.03. The number of nitrogens with one attached hydrogen (secondary N) is 1. The first-order chi connectivity index (χ1) is 15.4. The van der Waals surface area contributed by atoms with Crippen LogP contribution in [0.25, 0.3) is 0 Å². The quantitative estimate of drug-likeness (QED) is 0.735. The predicted molar refractivity (Wildman–Crippen MR) is 122 cm³/mol. The number of likely N-dealkylation sites (tertiary alicyclic amines) is 2. The fourth-order valence-electron chi connectivity index (χ4n) is 4.28. The summed E-state index contributed by atoms with van der Waals surface area (Å²) < 4.78 is 0. The van der Waals surface area contributed by atoms with Gasteiger partial charge in [0.2, 0.25) is 5.91 Å². The highest BCUT2D eigenvalue weighted by Crippen LogP contribution is 2.26. The van der Waals surface area contributed by atoms with Gasteiger partial charge in [0, 0.05) is 49.2 Å². The lowest BCUT2D eigenvalue weighted by atomic mass is 10.0. The number of halogens is 2. The molecule has 3 amide bonds. The first kappa shape index (κ1) is 22.6. The number of carbonyl (C=O) groups excluding carboxylic acids is 3. The third-order valence-electron chi connectivity index (χ3n) is 6.04. The first-order valence-corrected chi connectivity index (χ1v) is 11.5. The molecule has 7 nitrogen and oxygen atoms in total. The third kappa shape index (κ3) is 4.89. The molecule has 1 atom stereocenters. The molecule has 2 fully saturated rings. The Labute approximate surface area is 196 Å².